The standard InChI is InChI=1S/C27H39NO3Si/c1-20(2)18-25(28-26(29)30)24-19-21(24)16-17-31-32(27(3,4)5,22-12-8-6-9-13-22)23-14-10-7-11-15-23/h6-15,20-21,24-25,28H,16-19H2,1-5H3,(H,29,30). The molecule has 2 aromatic carbocycles. The van der Waals surface area contributed by atoms with Crippen molar-refractivity contribution < 1.29 is 14.3 Å². The molecule has 0 heterocycles. The smallest absolute Gasteiger partial charge is 0.404 e. The Morgan fingerprint density at radius 3 is 2.03 bits per heavy atom. The zero-order chi connectivity index (χ0) is 23.4. The summed E-state index contributed by atoms with van der Waals surface area (Å²) in [6.07, 6.45) is 2.04. The lowest BCUT2D eigenvalue weighted by molar-refractivity contribution is 0.184. The highest BCUT2D eigenvalue weighted by Gasteiger charge is 2.50. The van der Waals surface area contributed by atoms with E-state index < -0.39 is 14.4 Å². The third-order valence-electron chi connectivity index (χ3n) is 6.75. The Morgan fingerprint density at radius 1 is 1.06 bits per heavy atom. The van der Waals surface area contributed by atoms with Crippen molar-refractivity contribution in [1.82, 2.24) is 5.32 Å². The molecule has 3 rings (SSSR count). The molecule has 0 bridgehead atoms. The average molecular weight is 454 g/mol. The van der Waals surface area contributed by atoms with Crippen molar-refractivity contribution in [3.63, 3.8) is 0 Å². The molecule has 0 spiro atoms. The van der Waals surface area contributed by atoms with E-state index in [0.29, 0.717) is 24.4 Å². The Balaban J connectivity index is 1.77. The molecule has 4 nitrogen and oxygen atoms in total. The van der Waals surface area contributed by atoms with Crippen molar-refractivity contribution in [1.29, 1.82) is 0 Å². The van der Waals surface area contributed by atoms with E-state index in [0.717, 1.165) is 19.3 Å². The molecule has 1 aliphatic rings. The first kappa shape index (κ1) is 24.5. The lowest BCUT2D eigenvalue weighted by Crippen LogP contribution is -2.66. The molecule has 1 aliphatic carbocycles. The van der Waals surface area contributed by atoms with Crippen molar-refractivity contribution in [3.8, 4) is 0 Å². The van der Waals surface area contributed by atoms with Gasteiger partial charge in [-0.3, -0.25) is 0 Å². The van der Waals surface area contributed by atoms with Gasteiger partial charge in [-0.05, 0) is 52.4 Å². The maximum Gasteiger partial charge on any atom is 0.404 e. The quantitative estimate of drug-likeness (QED) is 0.482. The maximum atomic E-state index is 11.3. The van der Waals surface area contributed by atoms with E-state index in [1.54, 1.807) is 0 Å². The van der Waals surface area contributed by atoms with Crippen molar-refractivity contribution >= 4 is 24.8 Å². The SMILES string of the molecule is CC(C)CC(NC(=O)O)C1CC1CCO[Si](c1ccccc1)(c1ccccc1)C(C)(C)C. The molecule has 1 fully saturated rings. The number of amides is 1. The van der Waals surface area contributed by atoms with Crippen LogP contribution in [-0.4, -0.2) is 32.2 Å². The molecule has 2 aromatic rings. The van der Waals surface area contributed by atoms with Crippen LogP contribution >= 0.6 is 0 Å². The predicted molar refractivity (Wildman–Crippen MR) is 134 cm³/mol. The van der Waals surface area contributed by atoms with Crippen LogP contribution in [0.2, 0.25) is 5.04 Å². The van der Waals surface area contributed by atoms with Gasteiger partial charge in [0.05, 0.1) is 0 Å². The van der Waals surface area contributed by atoms with E-state index in [1.165, 1.54) is 10.4 Å². The Kier molecular flexibility index (Phi) is 7.83. The number of carboxylic acid groups (broad SMARTS) is 1. The zero-order valence-corrected chi connectivity index (χ0v) is 21.2. The minimum atomic E-state index is -2.50. The van der Waals surface area contributed by atoms with Gasteiger partial charge in [-0.2, -0.15) is 0 Å². The normalized spacial score (nSPS) is 19.6. The monoisotopic (exact) mass is 453 g/mol. The lowest BCUT2D eigenvalue weighted by Gasteiger charge is -2.43. The molecule has 3 unspecified atom stereocenters. The molecule has 0 radical (unpaired) electrons. The van der Waals surface area contributed by atoms with Crippen molar-refractivity contribution in [2.75, 3.05) is 6.61 Å². The topological polar surface area (TPSA) is 58.6 Å². The van der Waals surface area contributed by atoms with E-state index >= 15 is 0 Å². The van der Waals surface area contributed by atoms with Gasteiger partial charge in [0.15, 0.2) is 0 Å². The van der Waals surface area contributed by atoms with E-state index in [2.05, 4.69) is 101 Å². The van der Waals surface area contributed by atoms with Crippen molar-refractivity contribution in [2.24, 2.45) is 17.8 Å². The van der Waals surface area contributed by atoms with Crippen LogP contribution in [0.4, 0.5) is 4.79 Å². The third-order valence-corrected chi connectivity index (χ3v) is 11.8. The van der Waals surface area contributed by atoms with Gasteiger partial charge in [-0.15, -0.1) is 0 Å². The van der Waals surface area contributed by atoms with Gasteiger partial charge in [0.1, 0.15) is 0 Å². The first-order valence-electron chi connectivity index (χ1n) is 11.9. The minimum absolute atomic E-state index is 0.0241. The molecule has 3 atom stereocenters. The summed E-state index contributed by atoms with van der Waals surface area (Å²) in [5, 5.41) is 14.6. The molecule has 1 amide bonds. The van der Waals surface area contributed by atoms with E-state index in [4.69, 9.17) is 4.43 Å². The summed E-state index contributed by atoms with van der Waals surface area (Å²) in [7, 11) is -2.50. The number of carbonyl (C=O) groups is 1. The summed E-state index contributed by atoms with van der Waals surface area (Å²) in [6, 6.07) is 21.5. The van der Waals surface area contributed by atoms with Gasteiger partial charge < -0.3 is 14.8 Å². The second-order valence-corrected chi connectivity index (χ2v) is 15.0. The number of hydrogen-bond acceptors (Lipinski definition) is 2. The van der Waals surface area contributed by atoms with Crippen LogP contribution in [0.3, 0.4) is 0 Å². The molecule has 0 saturated heterocycles. The van der Waals surface area contributed by atoms with Crippen LogP contribution < -0.4 is 15.7 Å². The highest BCUT2D eigenvalue weighted by Crippen LogP contribution is 2.46. The summed E-state index contributed by atoms with van der Waals surface area (Å²) in [5.41, 5.74) is 0. The van der Waals surface area contributed by atoms with Crippen LogP contribution in [0.15, 0.2) is 60.7 Å². The Morgan fingerprint density at radius 2 is 1.59 bits per heavy atom. The first-order chi connectivity index (χ1) is 15.1. The van der Waals surface area contributed by atoms with Gasteiger partial charge in [-0.25, -0.2) is 4.79 Å². The Hall–Kier alpha value is -2.11. The summed E-state index contributed by atoms with van der Waals surface area (Å²) in [5.74, 6) is 1.43. The van der Waals surface area contributed by atoms with Crippen LogP contribution in [-0.2, 0) is 4.43 Å². The van der Waals surface area contributed by atoms with Crippen LogP contribution in [0.25, 0.3) is 0 Å². The fourth-order valence-electron chi connectivity index (χ4n) is 5.23. The third kappa shape index (κ3) is 5.62. The Labute approximate surface area is 194 Å². The number of hydrogen-bond donors (Lipinski definition) is 2. The fourth-order valence-corrected chi connectivity index (χ4v) is 9.81. The molecule has 32 heavy (non-hydrogen) atoms. The molecule has 0 aromatic heterocycles. The molecule has 2 N–H and O–H groups in total. The summed E-state index contributed by atoms with van der Waals surface area (Å²) in [6.45, 7) is 11.9. The molecule has 0 aliphatic heterocycles. The Bertz CT molecular complexity index is 824. The fraction of sp³-hybridized carbons (Fsp3) is 0.519. The van der Waals surface area contributed by atoms with Crippen LogP contribution in [0.1, 0.15) is 53.9 Å². The van der Waals surface area contributed by atoms with Gasteiger partial charge in [0.25, 0.3) is 8.32 Å². The van der Waals surface area contributed by atoms with Gasteiger partial charge in [0, 0.05) is 12.6 Å². The van der Waals surface area contributed by atoms with Gasteiger partial charge >= 0.3 is 6.09 Å². The van der Waals surface area contributed by atoms with E-state index in [1.807, 2.05) is 0 Å². The van der Waals surface area contributed by atoms with Crippen LogP contribution in [0.5, 0.6) is 0 Å². The van der Waals surface area contributed by atoms with E-state index in [9.17, 15) is 9.90 Å². The highest BCUT2D eigenvalue weighted by atomic mass is 28.4. The molecule has 1 saturated carbocycles. The van der Waals surface area contributed by atoms with E-state index in [-0.39, 0.29) is 11.1 Å². The minimum Gasteiger partial charge on any atom is -0.465 e. The highest BCUT2D eigenvalue weighted by molar-refractivity contribution is 6.99. The molecule has 5 heteroatoms. The number of rotatable bonds is 10. The van der Waals surface area contributed by atoms with Gasteiger partial charge in [0.2, 0.25) is 0 Å². The molecular formula is C27H39NO3Si. The summed E-state index contributed by atoms with van der Waals surface area (Å²) in [4.78, 5) is 11.3. The zero-order valence-electron chi connectivity index (χ0n) is 20.2. The number of nitrogens with one attached hydrogen (secondary N) is 1. The molecular weight excluding hydrogens is 414 g/mol. The van der Waals surface area contributed by atoms with Gasteiger partial charge in [-0.1, -0.05) is 95.3 Å². The molecule has 174 valence electrons. The lowest BCUT2D eigenvalue weighted by atomic mass is 9.98. The average Bonchev–Trinajstić information content (AvgIpc) is 3.50. The second kappa shape index (κ2) is 10.2. The first-order valence-corrected chi connectivity index (χ1v) is 13.8. The number of benzene rings is 2. The second-order valence-electron chi connectivity index (χ2n) is 10.6. The maximum absolute atomic E-state index is 11.3. The predicted octanol–water partition coefficient (Wildman–Crippen LogP) is 5.27. The van der Waals surface area contributed by atoms with Crippen LogP contribution in [0, 0.1) is 17.8 Å². The van der Waals surface area contributed by atoms with Crippen molar-refractivity contribution in [3.05, 3.63) is 60.7 Å². The summed E-state index contributed by atoms with van der Waals surface area (Å²) < 4.78 is 7.01. The van der Waals surface area contributed by atoms with Crippen molar-refractivity contribution in [2.45, 2.75) is 65.0 Å². The summed E-state index contributed by atoms with van der Waals surface area (Å²) >= 11 is 0. The largest absolute Gasteiger partial charge is 0.465 e.